The molecule has 0 aromatic heterocycles. The number of halogens is 2. The zero-order valence-electron chi connectivity index (χ0n) is 22.4. The van der Waals surface area contributed by atoms with Crippen molar-refractivity contribution in [2.24, 2.45) is 5.92 Å². The number of hydrogen-bond acceptors (Lipinski definition) is 3. The highest BCUT2D eigenvalue weighted by Gasteiger charge is 2.31. The van der Waals surface area contributed by atoms with Gasteiger partial charge in [0.05, 0.1) is 4.47 Å². The van der Waals surface area contributed by atoms with Crippen molar-refractivity contribution < 1.29 is 14.3 Å². The van der Waals surface area contributed by atoms with Crippen molar-refractivity contribution in [2.45, 2.75) is 52.6 Å². The minimum Gasteiger partial charge on any atom is -0.483 e. The molecular formula is C31H36Br2N2O3. The lowest BCUT2D eigenvalue weighted by Crippen LogP contribution is -2.52. The molecule has 0 unspecified atom stereocenters. The molecule has 1 atom stereocenters. The van der Waals surface area contributed by atoms with E-state index in [9.17, 15) is 9.59 Å². The lowest BCUT2D eigenvalue weighted by molar-refractivity contribution is -0.142. The summed E-state index contributed by atoms with van der Waals surface area (Å²) in [6.45, 7) is 8.98. The molecular weight excluding hydrogens is 608 g/mol. The van der Waals surface area contributed by atoms with Gasteiger partial charge in [-0.3, -0.25) is 9.59 Å². The highest BCUT2D eigenvalue weighted by Crippen LogP contribution is 2.29. The molecule has 0 aliphatic heterocycles. The molecule has 3 aromatic carbocycles. The molecule has 0 radical (unpaired) electrons. The van der Waals surface area contributed by atoms with Crippen molar-refractivity contribution >= 4 is 43.7 Å². The van der Waals surface area contributed by atoms with Crippen LogP contribution in [0.4, 0.5) is 0 Å². The topological polar surface area (TPSA) is 58.6 Å². The summed E-state index contributed by atoms with van der Waals surface area (Å²) in [5, 5.41) is 3.04. The second kappa shape index (κ2) is 14.5. The largest absolute Gasteiger partial charge is 0.483 e. The van der Waals surface area contributed by atoms with Gasteiger partial charge in [0.1, 0.15) is 11.8 Å². The number of rotatable bonds is 12. The summed E-state index contributed by atoms with van der Waals surface area (Å²) in [4.78, 5) is 28.9. The number of nitrogens with one attached hydrogen (secondary N) is 1. The fraction of sp³-hybridized carbons (Fsp3) is 0.355. The Morgan fingerprint density at radius 2 is 1.61 bits per heavy atom. The third kappa shape index (κ3) is 8.98. The molecule has 38 heavy (non-hydrogen) atoms. The van der Waals surface area contributed by atoms with Crippen LogP contribution in [0, 0.1) is 5.92 Å². The molecule has 202 valence electrons. The fourth-order valence-corrected chi connectivity index (χ4v) is 4.98. The Balaban J connectivity index is 1.90. The molecule has 0 saturated carbocycles. The highest BCUT2D eigenvalue weighted by atomic mass is 79.9. The van der Waals surface area contributed by atoms with Crippen molar-refractivity contribution in [1.29, 1.82) is 0 Å². The van der Waals surface area contributed by atoms with E-state index in [4.69, 9.17) is 4.74 Å². The number of carbonyl (C=O) groups excluding carboxylic acids is 2. The minimum atomic E-state index is -0.696. The third-order valence-electron chi connectivity index (χ3n) is 6.17. The Labute approximate surface area is 243 Å². The van der Waals surface area contributed by atoms with Crippen LogP contribution >= 0.6 is 31.9 Å². The first-order chi connectivity index (χ1) is 18.1. The number of nitrogens with zero attached hydrogens (tertiary/aromatic N) is 1. The summed E-state index contributed by atoms with van der Waals surface area (Å²) < 4.78 is 7.69. The first-order valence-corrected chi connectivity index (χ1v) is 14.5. The van der Waals surface area contributed by atoms with Crippen LogP contribution in [0.1, 0.15) is 50.3 Å². The smallest absolute Gasteiger partial charge is 0.261 e. The van der Waals surface area contributed by atoms with Gasteiger partial charge in [-0.05, 0) is 68.7 Å². The zero-order chi connectivity index (χ0) is 27.7. The lowest BCUT2D eigenvalue weighted by Gasteiger charge is -2.32. The molecule has 0 spiro atoms. The second-order valence-corrected chi connectivity index (χ2v) is 11.9. The van der Waals surface area contributed by atoms with Gasteiger partial charge in [0.15, 0.2) is 6.61 Å². The van der Waals surface area contributed by atoms with Crippen LogP contribution in [0.25, 0.3) is 0 Å². The van der Waals surface area contributed by atoms with Gasteiger partial charge in [0.2, 0.25) is 5.91 Å². The molecule has 3 rings (SSSR count). The average molecular weight is 644 g/mol. The van der Waals surface area contributed by atoms with Gasteiger partial charge in [0.25, 0.3) is 5.91 Å². The number of amides is 2. The molecule has 1 N–H and O–H groups in total. The molecule has 0 aliphatic rings. The highest BCUT2D eigenvalue weighted by molar-refractivity contribution is 9.10. The molecule has 3 aromatic rings. The summed E-state index contributed by atoms with van der Waals surface area (Å²) >= 11 is 7.10. The Bertz CT molecular complexity index is 1210. The Morgan fingerprint density at radius 3 is 2.24 bits per heavy atom. The van der Waals surface area contributed by atoms with E-state index in [1.807, 2.05) is 86.6 Å². The van der Waals surface area contributed by atoms with E-state index in [1.54, 1.807) is 4.90 Å². The van der Waals surface area contributed by atoms with Gasteiger partial charge in [-0.1, -0.05) is 92.2 Å². The van der Waals surface area contributed by atoms with Crippen LogP contribution in [-0.2, 0) is 22.6 Å². The standard InChI is InChI=1S/C31H36Br2N2O3/c1-21(2)18-34-31(37)28(16-23-9-6-5-7-10-23)35(19-24-11-8-12-26(32)15-24)30(36)20-38-29-14-13-25(22(3)4)17-27(29)33/h5-15,17,21-22,28H,16,18-20H2,1-4H3,(H,34,37)/t28-/m0/s1. The Morgan fingerprint density at radius 1 is 0.895 bits per heavy atom. The third-order valence-corrected chi connectivity index (χ3v) is 7.28. The number of hydrogen-bond donors (Lipinski definition) is 1. The Hall–Kier alpha value is -2.64. The van der Waals surface area contributed by atoms with Crippen LogP contribution in [0.2, 0.25) is 0 Å². The second-order valence-electron chi connectivity index (χ2n) is 10.1. The normalized spacial score (nSPS) is 11.9. The quantitative estimate of drug-likeness (QED) is 0.229. The number of carbonyl (C=O) groups is 2. The van der Waals surface area contributed by atoms with Crippen LogP contribution in [0.15, 0.2) is 81.7 Å². The Kier molecular flexibility index (Phi) is 11.4. The molecule has 2 amide bonds. The van der Waals surface area contributed by atoms with E-state index < -0.39 is 6.04 Å². The van der Waals surface area contributed by atoms with Gasteiger partial charge >= 0.3 is 0 Å². The van der Waals surface area contributed by atoms with E-state index in [1.165, 1.54) is 5.56 Å². The summed E-state index contributed by atoms with van der Waals surface area (Å²) in [6, 6.07) is 22.8. The van der Waals surface area contributed by atoms with E-state index >= 15 is 0 Å². The number of ether oxygens (including phenoxy) is 1. The molecule has 0 saturated heterocycles. The predicted molar refractivity (Wildman–Crippen MR) is 160 cm³/mol. The van der Waals surface area contributed by atoms with Crippen molar-refractivity contribution in [3.63, 3.8) is 0 Å². The van der Waals surface area contributed by atoms with E-state index in [2.05, 4.69) is 51.0 Å². The van der Waals surface area contributed by atoms with Gasteiger partial charge < -0.3 is 15.0 Å². The summed E-state index contributed by atoms with van der Waals surface area (Å²) in [5.41, 5.74) is 3.08. The summed E-state index contributed by atoms with van der Waals surface area (Å²) in [5.74, 6) is 0.832. The van der Waals surface area contributed by atoms with E-state index in [0.29, 0.717) is 30.6 Å². The first kappa shape index (κ1) is 29.9. The average Bonchev–Trinajstić information content (AvgIpc) is 2.89. The van der Waals surface area contributed by atoms with Crippen molar-refractivity contribution in [3.05, 3.63) is 98.4 Å². The molecule has 7 heteroatoms. The fourth-order valence-electron chi connectivity index (χ4n) is 4.02. The van der Waals surface area contributed by atoms with Crippen LogP contribution in [-0.4, -0.2) is 35.9 Å². The van der Waals surface area contributed by atoms with E-state index in [0.717, 1.165) is 20.1 Å². The van der Waals surface area contributed by atoms with E-state index in [-0.39, 0.29) is 25.0 Å². The maximum Gasteiger partial charge on any atom is 0.261 e. The summed E-state index contributed by atoms with van der Waals surface area (Å²) in [7, 11) is 0. The van der Waals surface area contributed by atoms with Gasteiger partial charge in [0, 0.05) is 24.0 Å². The van der Waals surface area contributed by atoms with Crippen molar-refractivity contribution in [2.75, 3.05) is 13.2 Å². The molecule has 0 bridgehead atoms. The van der Waals surface area contributed by atoms with Gasteiger partial charge in [-0.15, -0.1) is 0 Å². The molecule has 5 nitrogen and oxygen atoms in total. The van der Waals surface area contributed by atoms with Gasteiger partial charge in [-0.25, -0.2) is 0 Å². The maximum atomic E-state index is 13.8. The summed E-state index contributed by atoms with van der Waals surface area (Å²) in [6.07, 6.45) is 0.400. The molecule has 0 heterocycles. The monoisotopic (exact) mass is 642 g/mol. The number of benzene rings is 3. The molecule has 0 aliphatic carbocycles. The van der Waals surface area contributed by atoms with Crippen molar-refractivity contribution in [1.82, 2.24) is 10.2 Å². The van der Waals surface area contributed by atoms with Crippen LogP contribution < -0.4 is 10.1 Å². The van der Waals surface area contributed by atoms with Crippen molar-refractivity contribution in [3.8, 4) is 5.75 Å². The maximum absolute atomic E-state index is 13.8. The van der Waals surface area contributed by atoms with Gasteiger partial charge in [-0.2, -0.15) is 0 Å². The lowest BCUT2D eigenvalue weighted by atomic mass is 10.0. The predicted octanol–water partition coefficient (Wildman–Crippen LogP) is 7.13. The SMILES string of the molecule is CC(C)CNC(=O)[C@H](Cc1ccccc1)N(Cc1cccc(Br)c1)C(=O)COc1ccc(C(C)C)cc1Br. The minimum absolute atomic E-state index is 0.173. The van der Waals surface area contributed by atoms with Crippen LogP contribution in [0.3, 0.4) is 0 Å². The zero-order valence-corrected chi connectivity index (χ0v) is 25.6. The first-order valence-electron chi connectivity index (χ1n) is 12.9. The molecule has 0 fully saturated rings. The van der Waals surface area contributed by atoms with Crippen LogP contribution in [0.5, 0.6) is 5.75 Å².